The van der Waals surface area contributed by atoms with Gasteiger partial charge in [-0.05, 0) is 32.1 Å². The first-order valence-corrected chi connectivity index (χ1v) is 8.14. The molecule has 0 bridgehead atoms. The van der Waals surface area contributed by atoms with Crippen molar-refractivity contribution in [1.29, 1.82) is 0 Å². The molecule has 4 nitrogen and oxygen atoms in total. The topological polar surface area (TPSA) is 46.6 Å². The zero-order valence-electron chi connectivity index (χ0n) is 12.6. The van der Waals surface area contributed by atoms with Gasteiger partial charge in [0.05, 0.1) is 13.0 Å². The maximum Gasteiger partial charge on any atom is 0.225 e. The summed E-state index contributed by atoms with van der Waals surface area (Å²) < 4.78 is 5.40. The largest absolute Gasteiger partial charge is 0.381 e. The first-order valence-electron chi connectivity index (χ1n) is 8.14. The lowest BCUT2D eigenvalue weighted by atomic mass is 9.82. The van der Waals surface area contributed by atoms with Crippen molar-refractivity contribution >= 4 is 11.7 Å². The molecule has 0 radical (unpaired) electrons. The summed E-state index contributed by atoms with van der Waals surface area (Å²) in [5, 5.41) is 0. The minimum Gasteiger partial charge on any atom is -0.381 e. The van der Waals surface area contributed by atoms with E-state index in [1.54, 1.807) is 0 Å². The third-order valence-corrected chi connectivity index (χ3v) is 4.49. The van der Waals surface area contributed by atoms with Crippen molar-refractivity contribution in [3.63, 3.8) is 0 Å². The van der Waals surface area contributed by atoms with E-state index in [-0.39, 0.29) is 17.9 Å². The molecule has 2 rings (SSSR count). The molecule has 2 unspecified atom stereocenters. The average molecular weight is 281 g/mol. The van der Waals surface area contributed by atoms with Crippen LogP contribution in [0.1, 0.15) is 58.3 Å². The van der Waals surface area contributed by atoms with Crippen molar-refractivity contribution in [2.75, 3.05) is 19.8 Å². The summed E-state index contributed by atoms with van der Waals surface area (Å²) >= 11 is 0. The second kappa shape index (κ2) is 7.77. The summed E-state index contributed by atoms with van der Waals surface area (Å²) in [7, 11) is 0. The highest BCUT2D eigenvalue weighted by Gasteiger charge is 2.38. The normalized spacial score (nSPS) is 27.1. The third-order valence-electron chi connectivity index (χ3n) is 4.49. The van der Waals surface area contributed by atoms with E-state index in [0.717, 1.165) is 51.7 Å². The Hall–Kier alpha value is -0.900. The van der Waals surface area contributed by atoms with E-state index < -0.39 is 0 Å². The van der Waals surface area contributed by atoms with Crippen LogP contribution in [0.25, 0.3) is 0 Å². The van der Waals surface area contributed by atoms with Gasteiger partial charge >= 0.3 is 0 Å². The molecule has 0 aromatic carbocycles. The van der Waals surface area contributed by atoms with Crippen LogP contribution >= 0.6 is 0 Å². The number of hydrogen-bond donors (Lipinski definition) is 0. The van der Waals surface area contributed by atoms with Crippen LogP contribution in [0.4, 0.5) is 0 Å². The standard InChI is InChI=1S/C16H27NO3/c1-2-11-20-12-9-16(19)17-10-5-7-14(17)13-6-3-4-8-15(13)18/h13-14H,2-12H2,1H3. The highest BCUT2D eigenvalue weighted by molar-refractivity contribution is 5.84. The molecule has 0 aromatic rings. The number of nitrogens with zero attached hydrogens (tertiary/aromatic N) is 1. The van der Waals surface area contributed by atoms with Gasteiger partial charge in [-0.1, -0.05) is 13.3 Å². The number of Topliss-reactive ketones (excluding diaryl/α,β-unsaturated/α-hetero) is 1. The van der Waals surface area contributed by atoms with Gasteiger partial charge in [0.25, 0.3) is 0 Å². The molecule has 2 fully saturated rings. The van der Waals surface area contributed by atoms with Gasteiger partial charge in [-0.3, -0.25) is 9.59 Å². The molecule has 0 spiro atoms. The zero-order chi connectivity index (χ0) is 14.4. The Morgan fingerprint density at radius 3 is 2.85 bits per heavy atom. The van der Waals surface area contributed by atoms with Gasteiger partial charge in [0, 0.05) is 31.5 Å². The lowest BCUT2D eigenvalue weighted by molar-refractivity contribution is -0.136. The van der Waals surface area contributed by atoms with Crippen molar-refractivity contribution in [2.24, 2.45) is 5.92 Å². The van der Waals surface area contributed by atoms with E-state index in [9.17, 15) is 9.59 Å². The van der Waals surface area contributed by atoms with E-state index in [1.807, 2.05) is 4.90 Å². The van der Waals surface area contributed by atoms with Crippen molar-refractivity contribution in [1.82, 2.24) is 4.90 Å². The smallest absolute Gasteiger partial charge is 0.225 e. The summed E-state index contributed by atoms with van der Waals surface area (Å²) in [5.74, 6) is 0.650. The van der Waals surface area contributed by atoms with Crippen LogP contribution in [0.3, 0.4) is 0 Å². The Balaban J connectivity index is 1.86. The summed E-state index contributed by atoms with van der Waals surface area (Å²) in [6.45, 7) is 4.11. The molecule has 20 heavy (non-hydrogen) atoms. The van der Waals surface area contributed by atoms with Gasteiger partial charge < -0.3 is 9.64 Å². The van der Waals surface area contributed by atoms with Gasteiger partial charge in [0.15, 0.2) is 0 Å². The predicted octanol–water partition coefficient (Wildman–Crippen LogP) is 2.55. The first-order chi connectivity index (χ1) is 9.74. The molecule has 1 amide bonds. The van der Waals surface area contributed by atoms with E-state index in [1.165, 1.54) is 0 Å². The van der Waals surface area contributed by atoms with Crippen LogP contribution in [0.15, 0.2) is 0 Å². The molecule has 1 heterocycles. The SMILES string of the molecule is CCCOCCC(=O)N1CCCC1C1CCCCC1=O. The quantitative estimate of drug-likeness (QED) is 0.703. The molecular formula is C16H27NO3. The molecule has 0 N–H and O–H groups in total. The number of ketones is 1. The highest BCUT2D eigenvalue weighted by Crippen LogP contribution is 2.32. The molecule has 1 aliphatic carbocycles. The third kappa shape index (κ3) is 3.81. The summed E-state index contributed by atoms with van der Waals surface area (Å²) in [5.41, 5.74) is 0. The maximum atomic E-state index is 12.3. The van der Waals surface area contributed by atoms with Crippen LogP contribution in [0.5, 0.6) is 0 Å². The zero-order valence-corrected chi connectivity index (χ0v) is 12.6. The number of carbonyl (C=O) groups is 2. The Kier molecular flexibility index (Phi) is 6.02. The number of amides is 1. The van der Waals surface area contributed by atoms with Crippen LogP contribution in [-0.2, 0) is 14.3 Å². The lowest BCUT2D eigenvalue weighted by Gasteiger charge is -2.33. The minimum atomic E-state index is 0.103. The average Bonchev–Trinajstić information content (AvgIpc) is 2.93. The van der Waals surface area contributed by atoms with Crippen molar-refractivity contribution in [3.05, 3.63) is 0 Å². The molecule has 1 saturated carbocycles. The number of ether oxygens (including phenoxy) is 1. The van der Waals surface area contributed by atoms with Crippen LogP contribution < -0.4 is 0 Å². The number of rotatable bonds is 6. The second-order valence-electron chi connectivity index (χ2n) is 5.98. The molecular weight excluding hydrogens is 254 g/mol. The molecule has 4 heteroatoms. The molecule has 2 aliphatic rings. The Morgan fingerprint density at radius 1 is 1.25 bits per heavy atom. The van der Waals surface area contributed by atoms with Gasteiger partial charge in [-0.2, -0.15) is 0 Å². The molecule has 114 valence electrons. The van der Waals surface area contributed by atoms with E-state index >= 15 is 0 Å². The fourth-order valence-corrected chi connectivity index (χ4v) is 3.49. The highest BCUT2D eigenvalue weighted by atomic mass is 16.5. The Morgan fingerprint density at radius 2 is 2.10 bits per heavy atom. The number of hydrogen-bond acceptors (Lipinski definition) is 3. The molecule has 1 aliphatic heterocycles. The van der Waals surface area contributed by atoms with Crippen molar-refractivity contribution in [3.8, 4) is 0 Å². The van der Waals surface area contributed by atoms with Gasteiger partial charge in [0.2, 0.25) is 5.91 Å². The monoisotopic (exact) mass is 281 g/mol. The minimum absolute atomic E-state index is 0.103. The summed E-state index contributed by atoms with van der Waals surface area (Å²) in [6.07, 6.45) is 7.32. The fraction of sp³-hybridized carbons (Fsp3) is 0.875. The van der Waals surface area contributed by atoms with Gasteiger partial charge in [0.1, 0.15) is 5.78 Å². The van der Waals surface area contributed by atoms with E-state index in [4.69, 9.17) is 4.74 Å². The maximum absolute atomic E-state index is 12.3. The Labute approximate surface area is 121 Å². The summed E-state index contributed by atoms with van der Waals surface area (Å²) in [6, 6.07) is 0.168. The van der Waals surface area contributed by atoms with Gasteiger partial charge in [-0.15, -0.1) is 0 Å². The van der Waals surface area contributed by atoms with E-state index in [0.29, 0.717) is 25.2 Å². The molecule has 1 saturated heterocycles. The number of carbonyl (C=O) groups excluding carboxylic acids is 2. The van der Waals surface area contributed by atoms with E-state index in [2.05, 4.69) is 6.92 Å². The van der Waals surface area contributed by atoms with Crippen LogP contribution in [0, 0.1) is 5.92 Å². The lowest BCUT2D eigenvalue weighted by Crippen LogP contribution is -2.44. The summed E-state index contributed by atoms with van der Waals surface area (Å²) in [4.78, 5) is 26.4. The van der Waals surface area contributed by atoms with Gasteiger partial charge in [-0.25, -0.2) is 0 Å². The van der Waals surface area contributed by atoms with Crippen LogP contribution in [-0.4, -0.2) is 42.4 Å². The fourth-order valence-electron chi connectivity index (χ4n) is 3.49. The number of likely N-dealkylation sites (tertiary alicyclic amines) is 1. The van der Waals surface area contributed by atoms with Crippen molar-refractivity contribution in [2.45, 2.75) is 64.3 Å². The first kappa shape index (κ1) is 15.5. The predicted molar refractivity (Wildman–Crippen MR) is 77.4 cm³/mol. The van der Waals surface area contributed by atoms with Crippen molar-refractivity contribution < 1.29 is 14.3 Å². The molecule has 0 aromatic heterocycles. The van der Waals surface area contributed by atoms with Crippen LogP contribution in [0.2, 0.25) is 0 Å². The molecule has 2 atom stereocenters. The second-order valence-corrected chi connectivity index (χ2v) is 5.98. The Bertz CT molecular complexity index is 343.